The number of benzene rings is 3. The highest BCUT2D eigenvalue weighted by molar-refractivity contribution is 6.31. The first-order valence-electron chi connectivity index (χ1n) is 10.2. The van der Waals surface area contributed by atoms with E-state index in [1.165, 1.54) is 12.1 Å². The summed E-state index contributed by atoms with van der Waals surface area (Å²) >= 11 is 12.4. The third-order valence-corrected chi connectivity index (χ3v) is 6.33. The zero-order chi connectivity index (χ0) is 22.0. The molecule has 1 saturated heterocycles. The van der Waals surface area contributed by atoms with Gasteiger partial charge < -0.3 is 10.6 Å². The number of piperidine rings is 1. The van der Waals surface area contributed by atoms with Crippen LogP contribution in [-0.2, 0) is 4.79 Å². The first-order chi connectivity index (χ1) is 14.9. The second kappa shape index (κ2) is 9.39. The Morgan fingerprint density at radius 1 is 1.03 bits per heavy atom. The summed E-state index contributed by atoms with van der Waals surface area (Å²) in [5.74, 6) is -1.01. The van der Waals surface area contributed by atoms with E-state index >= 15 is 0 Å². The van der Waals surface area contributed by atoms with Crippen molar-refractivity contribution >= 4 is 34.8 Å². The Labute approximate surface area is 191 Å². The molecule has 1 fully saturated rings. The molecule has 1 aliphatic rings. The van der Waals surface area contributed by atoms with Crippen molar-refractivity contribution in [2.24, 2.45) is 5.92 Å². The summed E-state index contributed by atoms with van der Waals surface area (Å²) in [6, 6.07) is 19.1. The number of rotatable bonds is 4. The fraction of sp³-hybridized carbons (Fsp3) is 0.240. The number of aryl methyl sites for hydroxylation is 1. The molecule has 0 bridgehead atoms. The molecule has 0 radical (unpaired) electrons. The van der Waals surface area contributed by atoms with E-state index in [1.54, 1.807) is 30.3 Å². The van der Waals surface area contributed by atoms with Gasteiger partial charge in [0.2, 0.25) is 5.91 Å². The number of anilines is 1. The molecule has 1 amide bonds. The van der Waals surface area contributed by atoms with E-state index in [4.69, 9.17) is 23.2 Å². The first kappa shape index (κ1) is 21.8. The van der Waals surface area contributed by atoms with Crippen LogP contribution in [0.3, 0.4) is 0 Å². The lowest BCUT2D eigenvalue weighted by Gasteiger charge is -2.39. The lowest BCUT2D eigenvalue weighted by atomic mass is 9.73. The molecule has 0 saturated carbocycles. The average molecular weight is 457 g/mol. The molecular weight excluding hydrogens is 434 g/mol. The molecule has 3 atom stereocenters. The van der Waals surface area contributed by atoms with Crippen LogP contribution in [0.4, 0.5) is 10.1 Å². The van der Waals surface area contributed by atoms with Gasteiger partial charge in [-0.2, -0.15) is 0 Å². The topological polar surface area (TPSA) is 41.1 Å². The summed E-state index contributed by atoms with van der Waals surface area (Å²) in [5, 5.41) is 7.64. The van der Waals surface area contributed by atoms with Crippen molar-refractivity contribution in [1.82, 2.24) is 5.32 Å². The Balaban J connectivity index is 1.76. The van der Waals surface area contributed by atoms with E-state index in [0.29, 0.717) is 22.3 Å². The molecule has 3 nitrogen and oxygen atoms in total. The number of halogens is 3. The minimum absolute atomic E-state index is 0.0770. The van der Waals surface area contributed by atoms with Gasteiger partial charge in [-0.05, 0) is 85.0 Å². The zero-order valence-electron chi connectivity index (χ0n) is 17.0. The van der Waals surface area contributed by atoms with Crippen molar-refractivity contribution in [2.45, 2.75) is 25.3 Å². The quantitative estimate of drug-likeness (QED) is 0.469. The molecule has 4 rings (SSSR count). The Bertz CT molecular complexity index is 1100. The number of hydrogen-bond acceptors (Lipinski definition) is 2. The zero-order valence-corrected chi connectivity index (χ0v) is 18.6. The van der Waals surface area contributed by atoms with Gasteiger partial charge in [-0.15, -0.1) is 0 Å². The number of amides is 1. The van der Waals surface area contributed by atoms with Crippen LogP contribution >= 0.6 is 23.2 Å². The van der Waals surface area contributed by atoms with Crippen molar-refractivity contribution in [1.29, 1.82) is 0 Å². The highest BCUT2D eigenvalue weighted by Gasteiger charge is 2.40. The van der Waals surface area contributed by atoms with E-state index in [9.17, 15) is 9.18 Å². The Hall–Kier alpha value is -2.40. The van der Waals surface area contributed by atoms with Crippen LogP contribution in [0.25, 0.3) is 0 Å². The standard InChI is InChI=1S/C25H23Cl2FN2O/c1-15-8-9-19(28)14-22(15)24-23(25(31)30-20-7-3-6-18(27)13-20)21(10-11-29-24)16-4-2-5-17(26)12-16/h2-9,12-14,21,23-24,29H,10-11H2,1H3,(H,30,31)/t21-,23-,24+/m0/s1. The van der Waals surface area contributed by atoms with Gasteiger partial charge in [-0.25, -0.2) is 4.39 Å². The van der Waals surface area contributed by atoms with Crippen LogP contribution in [0.15, 0.2) is 66.7 Å². The van der Waals surface area contributed by atoms with E-state index in [1.807, 2.05) is 31.2 Å². The van der Waals surface area contributed by atoms with Crippen molar-refractivity contribution in [3.63, 3.8) is 0 Å². The minimum Gasteiger partial charge on any atom is -0.326 e. The first-order valence-corrected chi connectivity index (χ1v) is 11.0. The smallest absolute Gasteiger partial charge is 0.230 e. The fourth-order valence-corrected chi connectivity index (χ4v) is 4.81. The largest absolute Gasteiger partial charge is 0.326 e. The van der Waals surface area contributed by atoms with Crippen LogP contribution in [0.5, 0.6) is 0 Å². The Morgan fingerprint density at radius 3 is 2.52 bits per heavy atom. The van der Waals surface area contributed by atoms with Gasteiger partial charge in [-0.3, -0.25) is 4.79 Å². The van der Waals surface area contributed by atoms with Gasteiger partial charge in [0.15, 0.2) is 0 Å². The van der Waals surface area contributed by atoms with E-state index < -0.39 is 5.92 Å². The van der Waals surface area contributed by atoms with Crippen molar-refractivity contribution in [3.8, 4) is 0 Å². The molecule has 0 unspecified atom stereocenters. The van der Waals surface area contributed by atoms with Gasteiger partial charge in [0.05, 0.1) is 5.92 Å². The van der Waals surface area contributed by atoms with Crippen LogP contribution in [0, 0.1) is 18.7 Å². The minimum atomic E-state index is -0.466. The molecule has 3 aromatic rings. The molecule has 31 heavy (non-hydrogen) atoms. The number of carbonyl (C=O) groups excluding carboxylic acids is 1. The summed E-state index contributed by atoms with van der Waals surface area (Å²) in [5.41, 5.74) is 3.35. The van der Waals surface area contributed by atoms with Crippen LogP contribution in [0.1, 0.15) is 35.1 Å². The van der Waals surface area contributed by atoms with Crippen molar-refractivity contribution in [2.75, 3.05) is 11.9 Å². The highest BCUT2D eigenvalue weighted by atomic mass is 35.5. The molecule has 0 aromatic heterocycles. The van der Waals surface area contributed by atoms with Crippen molar-refractivity contribution in [3.05, 3.63) is 99.3 Å². The summed E-state index contributed by atoms with van der Waals surface area (Å²) in [6.07, 6.45) is 0.763. The molecule has 3 aromatic carbocycles. The van der Waals surface area contributed by atoms with E-state index in [-0.39, 0.29) is 23.7 Å². The average Bonchev–Trinajstić information content (AvgIpc) is 2.75. The number of carbonyl (C=O) groups is 1. The normalized spacial score (nSPS) is 21.0. The maximum absolute atomic E-state index is 14.1. The summed E-state index contributed by atoms with van der Waals surface area (Å²) < 4.78 is 14.1. The maximum atomic E-state index is 14.1. The predicted octanol–water partition coefficient (Wildman–Crippen LogP) is 6.51. The predicted molar refractivity (Wildman–Crippen MR) is 124 cm³/mol. The van der Waals surface area contributed by atoms with E-state index in [2.05, 4.69) is 10.6 Å². The molecule has 0 spiro atoms. The van der Waals surface area contributed by atoms with Gasteiger partial charge >= 0.3 is 0 Å². The molecule has 1 aliphatic heterocycles. The molecule has 0 aliphatic carbocycles. The second-order valence-electron chi connectivity index (χ2n) is 7.91. The van der Waals surface area contributed by atoms with Crippen LogP contribution in [0.2, 0.25) is 10.0 Å². The van der Waals surface area contributed by atoms with Gasteiger partial charge in [0.1, 0.15) is 5.82 Å². The van der Waals surface area contributed by atoms with Gasteiger partial charge in [0, 0.05) is 21.8 Å². The third kappa shape index (κ3) is 4.93. The molecule has 160 valence electrons. The van der Waals surface area contributed by atoms with Crippen LogP contribution in [-0.4, -0.2) is 12.5 Å². The van der Waals surface area contributed by atoms with Crippen LogP contribution < -0.4 is 10.6 Å². The summed E-state index contributed by atoms with van der Waals surface area (Å²) in [7, 11) is 0. The Morgan fingerprint density at radius 2 is 1.77 bits per heavy atom. The van der Waals surface area contributed by atoms with Crippen molar-refractivity contribution < 1.29 is 9.18 Å². The summed E-state index contributed by atoms with van der Waals surface area (Å²) in [6.45, 7) is 2.64. The monoisotopic (exact) mass is 456 g/mol. The number of hydrogen-bond donors (Lipinski definition) is 2. The molecule has 1 heterocycles. The molecule has 2 N–H and O–H groups in total. The maximum Gasteiger partial charge on any atom is 0.230 e. The molecule has 6 heteroatoms. The van der Waals surface area contributed by atoms with E-state index in [0.717, 1.165) is 23.1 Å². The second-order valence-corrected chi connectivity index (χ2v) is 8.78. The Kier molecular flexibility index (Phi) is 6.61. The SMILES string of the molecule is Cc1ccc(F)cc1[C@H]1NCC[C@@H](c2cccc(Cl)c2)[C@@H]1C(=O)Nc1cccc(Cl)c1. The summed E-state index contributed by atoms with van der Waals surface area (Å²) in [4.78, 5) is 13.6. The lowest BCUT2D eigenvalue weighted by molar-refractivity contribution is -0.122. The third-order valence-electron chi connectivity index (χ3n) is 5.86. The molecular formula is C25H23Cl2FN2O. The highest BCUT2D eigenvalue weighted by Crippen LogP contribution is 2.42. The van der Waals surface area contributed by atoms with Gasteiger partial charge in [-0.1, -0.05) is 47.5 Å². The van der Waals surface area contributed by atoms with Gasteiger partial charge in [0.25, 0.3) is 0 Å². The lowest BCUT2D eigenvalue weighted by Crippen LogP contribution is -2.45. The fourth-order valence-electron chi connectivity index (χ4n) is 4.42. The number of nitrogens with one attached hydrogen (secondary N) is 2.